The van der Waals surface area contributed by atoms with Crippen LogP contribution in [0.25, 0.3) is 0 Å². The van der Waals surface area contributed by atoms with Crippen molar-refractivity contribution in [3.63, 3.8) is 0 Å². The van der Waals surface area contributed by atoms with E-state index >= 15 is 0 Å². The third kappa shape index (κ3) is 4.90. The predicted molar refractivity (Wildman–Crippen MR) is 65.1 cm³/mol. The van der Waals surface area contributed by atoms with Gasteiger partial charge in [-0.1, -0.05) is 13.8 Å². The fraction of sp³-hybridized carbons (Fsp3) is 0.833. The van der Waals surface area contributed by atoms with Crippen LogP contribution in [-0.4, -0.2) is 47.3 Å². The van der Waals surface area contributed by atoms with Crippen molar-refractivity contribution in [1.82, 2.24) is 10.2 Å². The van der Waals surface area contributed by atoms with E-state index in [1.54, 1.807) is 13.8 Å². The van der Waals surface area contributed by atoms with Crippen LogP contribution in [0.15, 0.2) is 0 Å². The molecule has 5 nitrogen and oxygen atoms in total. The Labute approximate surface area is 115 Å². The zero-order valence-electron chi connectivity index (χ0n) is 11.4. The zero-order valence-corrected chi connectivity index (χ0v) is 11.4. The van der Waals surface area contributed by atoms with E-state index in [1.165, 1.54) is 4.90 Å². The van der Waals surface area contributed by atoms with Crippen molar-refractivity contribution in [3.05, 3.63) is 0 Å². The van der Waals surface area contributed by atoms with Crippen LogP contribution in [0.1, 0.15) is 26.7 Å². The summed E-state index contributed by atoms with van der Waals surface area (Å²) in [6.45, 7) is 3.49. The van der Waals surface area contributed by atoms with E-state index in [0.29, 0.717) is 6.42 Å². The highest BCUT2D eigenvalue weighted by molar-refractivity contribution is 5.77. The molecule has 1 rings (SSSR count). The standard InChI is InChI=1S/C12H19F3N2O3/c1-7(2)9(5-12(13,14)15)16-11(20)17-4-3-8(6-17)10(18)19/h7-9H,3-6H2,1-2H3,(H,16,20)(H,18,19). The first-order valence-corrected chi connectivity index (χ1v) is 6.45. The molecule has 20 heavy (non-hydrogen) atoms. The van der Waals surface area contributed by atoms with Gasteiger partial charge in [0.15, 0.2) is 0 Å². The SMILES string of the molecule is CC(C)C(CC(F)(F)F)NC(=O)N1CCC(C(=O)O)C1. The Morgan fingerprint density at radius 2 is 2.00 bits per heavy atom. The Hall–Kier alpha value is -1.47. The molecule has 1 saturated heterocycles. The molecule has 2 amide bonds. The van der Waals surface area contributed by atoms with Crippen LogP contribution < -0.4 is 5.32 Å². The largest absolute Gasteiger partial charge is 0.481 e. The van der Waals surface area contributed by atoms with Crippen molar-refractivity contribution < 1.29 is 27.9 Å². The molecule has 116 valence electrons. The van der Waals surface area contributed by atoms with Gasteiger partial charge in [0.1, 0.15) is 0 Å². The molecule has 1 fully saturated rings. The number of carboxylic acids is 1. The Bertz CT molecular complexity index is 371. The number of likely N-dealkylation sites (tertiary alicyclic amines) is 1. The molecule has 8 heteroatoms. The number of hydrogen-bond acceptors (Lipinski definition) is 2. The normalized spacial score (nSPS) is 21.1. The third-order valence-corrected chi connectivity index (χ3v) is 3.39. The number of rotatable bonds is 4. The van der Waals surface area contributed by atoms with E-state index in [2.05, 4.69) is 5.32 Å². The molecule has 2 atom stereocenters. The van der Waals surface area contributed by atoms with Gasteiger partial charge in [-0.3, -0.25) is 4.79 Å². The van der Waals surface area contributed by atoms with Gasteiger partial charge in [-0.05, 0) is 12.3 Å². The molecule has 0 aliphatic carbocycles. The number of carboxylic acid groups (broad SMARTS) is 1. The maximum atomic E-state index is 12.4. The molecule has 1 heterocycles. The number of carbonyl (C=O) groups is 2. The highest BCUT2D eigenvalue weighted by Gasteiger charge is 2.36. The van der Waals surface area contributed by atoms with Crippen molar-refractivity contribution >= 4 is 12.0 Å². The second-order valence-electron chi connectivity index (χ2n) is 5.39. The summed E-state index contributed by atoms with van der Waals surface area (Å²) in [7, 11) is 0. The Kier molecular flexibility index (Phi) is 5.24. The average molecular weight is 296 g/mol. The molecule has 0 aromatic heterocycles. The number of carbonyl (C=O) groups excluding carboxylic acids is 1. The Balaban J connectivity index is 2.57. The lowest BCUT2D eigenvalue weighted by atomic mass is 10.0. The van der Waals surface area contributed by atoms with E-state index in [-0.39, 0.29) is 19.0 Å². The summed E-state index contributed by atoms with van der Waals surface area (Å²) in [5, 5.41) is 11.2. The summed E-state index contributed by atoms with van der Waals surface area (Å²) in [5.41, 5.74) is 0. The number of urea groups is 1. The molecule has 0 radical (unpaired) electrons. The molecular formula is C12H19F3N2O3. The van der Waals surface area contributed by atoms with E-state index in [0.717, 1.165) is 0 Å². The lowest BCUT2D eigenvalue weighted by Crippen LogP contribution is -2.47. The highest BCUT2D eigenvalue weighted by atomic mass is 19.4. The van der Waals surface area contributed by atoms with E-state index in [1.807, 2.05) is 0 Å². The number of alkyl halides is 3. The molecule has 1 aliphatic rings. The summed E-state index contributed by atoms with van der Waals surface area (Å²) in [5.74, 6) is -1.99. The number of nitrogens with zero attached hydrogens (tertiary/aromatic N) is 1. The maximum Gasteiger partial charge on any atom is 0.391 e. The number of aliphatic carboxylic acids is 1. The van der Waals surface area contributed by atoms with Gasteiger partial charge >= 0.3 is 18.2 Å². The van der Waals surface area contributed by atoms with E-state index in [9.17, 15) is 22.8 Å². The Morgan fingerprint density at radius 1 is 1.40 bits per heavy atom. The van der Waals surface area contributed by atoms with Gasteiger partial charge in [-0.15, -0.1) is 0 Å². The fourth-order valence-electron chi connectivity index (χ4n) is 2.10. The smallest absolute Gasteiger partial charge is 0.391 e. The summed E-state index contributed by atoms with van der Waals surface area (Å²) in [4.78, 5) is 23.9. The van der Waals surface area contributed by atoms with Gasteiger partial charge in [0, 0.05) is 19.1 Å². The van der Waals surface area contributed by atoms with Gasteiger partial charge in [-0.25, -0.2) is 4.79 Å². The van der Waals surface area contributed by atoms with Crippen LogP contribution >= 0.6 is 0 Å². The van der Waals surface area contributed by atoms with Crippen LogP contribution in [0.2, 0.25) is 0 Å². The lowest BCUT2D eigenvalue weighted by Gasteiger charge is -2.26. The van der Waals surface area contributed by atoms with Gasteiger partial charge in [0.2, 0.25) is 0 Å². The minimum Gasteiger partial charge on any atom is -0.481 e. The van der Waals surface area contributed by atoms with E-state index < -0.39 is 36.6 Å². The van der Waals surface area contributed by atoms with Gasteiger partial charge in [0.05, 0.1) is 12.3 Å². The van der Waals surface area contributed by atoms with E-state index in [4.69, 9.17) is 5.11 Å². The second kappa shape index (κ2) is 6.32. The topological polar surface area (TPSA) is 69.6 Å². The molecule has 0 aromatic rings. The van der Waals surface area contributed by atoms with Crippen molar-refractivity contribution in [1.29, 1.82) is 0 Å². The van der Waals surface area contributed by atoms with Gasteiger partial charge in [0.25, 0.3) is 0 Å². The highest BCUT2D eigenvalue weighted by Crippen LogP contribution is 2.25. The summed E-state index contributed by atoms with van der Waals surface area (Å²) < 4.78 is 37.3. The minimum absolute atomic E-state index is 0.0397. The zero-order chi connectivity index (χ0) is 15.5. The van der Waals surface area contributed by atoms with Crippen LogP contribution in [0.3, 0.4) is 0 Å². The van der Waals surface area contributed by atoms with Gasteiger partial charge in [-0.2, -0.15) is 13.2 Å². The number of halogens is 3. The van der Waals surface area contributed by atoms with Crippen molar-refractivity contribution in [2.75, 3.05) is 13.1 Å². The molecule has 0 saturated carbocycles. The quantitative estimate of drug-likeness (QED) is 0.834. The maximum absolute atomic E-state index is 12.4. The summed E-state index contributed by atoms with van der Waals surface area (Å²) >= 11 is 0. The third-order valence-electron chi connectivity index (χ3n) is 3.39. The first-order valence-electron chi connectivity index (χ1n) is 6.45. The molecule has 0 bridgehead atoms. The monoisotopic (exact) mass is 296 g/mol. The van der Waals surface area contributed by atoms with Crippen LogP contribution in [0.4, 0.5) is 18.0 Å². The van der Waals surface area contributed by atoms with Crippen LogP contribution in [-0.2, 0) is 4.79 Å². The summed E-state index contributed by atoms with van der Waals surface area (Å²) in [6, 6.07) is -1.64. The molecule has 2 N–H and O–H groups in total. The molecular weight excluding hydrogens is 277 g/mol. The Morgan fingerprint density at radius 3 is 2.40 bits per heavy atom. The predicted octanol–water partition coefficient (Wildman–Crippen LogP) is 2.08. The van der Waals surface area contributed by atoms with Gasteiger partial charge < -0.3 is 15.3 Å². The molecule has 2 unspecified atom stereocenters. The lowest BCUT2D eigenvalue weighted by molar-refractivity contribution is -0.142. The minimum atomic E-state index is -4.35. The fourth-order valence-corrected chi connectivity index (χ4v) is 2.10. The molecule has 0 spiro atoms. The number of nitrogens with one attached hydrogen (secondary N) is 1. The first kappa shape index (κ1) is 16.6. The average Bonchev–Trinajstić information content (AvgIpc) is 2.75. The van der Waals surface area contributed by atoms with Crippen molar-refractivity contribution in [2.45, 2.75) is 38.9 Å². The van der Waals surface area contributed by atoms with Crippen molar-refractivity contribution in [3.8, 4) is 0 Å². The number of hydrogen-bond donors (Lipinski definition) is 2. The van der Waals surface area contributed by atoms with Crippen LogP contribution in [0, 0.1) is 11.8 Å². The first-order chi connectivity index (χ1) is 9.10. The summed E-state index contributed by atoms with van der Waals surface area (Å²) in [6.07, 6.45) is -5.11. The molecule has 1 aliphatic heterocycles. The van der Waals surface area contributed by atoms with Crippen molar-refractivity contribution in [2.24, 2.45) is 11.8 Å². The molecule has 0 aromatic carbocycles. The van der Waals surface area contributed by atoms with Crippen LogP contribution in [0.5, 0.6) is 0 Å². The number of amides is 2. The second-order valence-corrected chi connectivity index (χ2v) is 5.39.